The molecule has 1 amide bonds. The number of carbonyl (C=O) groups is 2. The fourth-order valence-electron chi connectivity index (χ4n) is 2.90. The Morgan fingerprint density at radius 1 is 1.29 bits per heavy atom. The van der Waals surface area contributed by atoms with E-state index >= 15 is 0 Å². The number of aliphatic carboxylic acids is 1. The average molecular weight is 337 g/mol. The van der Waals surface area contributed by atoms with Crippen LogP contribution in [0.15, 0.2) is 24.3 Å². The second-order valence-electron chi connectivity index (χ2n) is 5.91. The number of rotatable bonds is 7. The predicted molar refractivity (Wildman–Crippen MR) is 86.2 cm³/mol. The van der Waals surface area contributed by atoms with Crippen LogP contribution in [0.3, 0.4) is 0 Å². The highest BCUT2D eigenvalue weighted by atomic mass is 16.5. The van der Waals surface area contributed by atoms with Crippen molar-refractivity contribution in [1.29, 1.82) is 0 Å². The zero-order valence-electron chi connectivity index (χ0n) is 14.0. The van der Waals surface area contributed by atoms with Crippen LogP contribution in [-0.2, 0) is 14.3 Å². The Bertz CT molecular complexity index is 586. The molecule has 1 atom stereocenters. The third-order valence-electron chi connectivity index (χ3n) is 4.21. The van der Waals surface area contributed by atoms with Crippen LogP contribution in [0.1, 0.15) is 12.8 Å². The second kappa shape index (κ2) is 8.01. The molecule has 1 aliphatic rings. The number of carbonyl (C=O) groups excluding carboxylic acids is 1. The summed E-state index contributed by atoms with van der Waals surface area (Å²) in [6.07, 6.45) is 1.12. The SMILES string of the molecule is COCC1(C(=O)O)CCCN(C(=O)COc2cccc(OC)c2)C1. The normalized spacial score (nSPS) is 20.5. The molecule has 7 nitrogen and oxygen atoms in total. The first-order valence-corrected chi connectivity index (χ1v) is 7.78. The number of nitrogens with zero attached hydrogens (tertiary/aromatic N) is 1. The summed E-state index contributed by atoms with van der Waals surface area (Å²) in [7, 11) is 3.02. The first-order chi connectivity index (χ1) is 11.5. The molecule has 0 spiro atoms. The highest BCUT2D eigenvalue weighted by Gasteiger charge is 2.43. The van der Waals surface area contributed by atoms with E-state index in [0.717, 1.165) is 0 Å². The van der Waals surface area contributed by atoms with Gasteiger partial charge in [-0.1, -0.05) is 6.07 Å². The van der Waals surface area contributed by atoms with Gasteiger partial charge in [0.15, 0.2) is 6.61 Å². The van der Waals surface area contributed by atoms with Crippen LogP contribution in [0.25, 0.3) is 0 Å². The molecular weight excluding hydrogens is 314 g/mol. The first kappa shape index (κ1) is 18.1. The van der Waals surface area contributed by atoms with Crippen LogP contribution in [0, 0.1) is 5.41 Å². The molecular formula is C17H23NO6. The Kier molecular flexibility index (Phi) is 6.03. The fraction of sp³-hybridized carbons (Fsp3) is 0.529. The maximum absolute atomic E-state index is 12.4. The molecule has 0 radical (unpaired) electrons. The van der Waals surface area contributed by atoms with Gasteiger partial charge in [0.2, 0.25) is 0 Å². The smallest absolute Gasteiger partial charge is 0.313 e. The van der Waals surface area contributed by atoms with Crippen LogP contribution < -0.4 is 9.47 Å². The summed E-state index contributed by atoms with van der Waals surface area (Å²) in [4.78, 5) is 25.5. The van der Waals surface area contributed by atoms with Crippen molar-refractivity contribution in [1.82, 2.24) is 4.90 Å². The summed E-state index contributed by atoms with van der Waals surface area (Å²) in [5.41, 5.74) is -1.04. The Labute approximate surface area is 141 Å². The van der Waals surface area contributed by atoms with Crippen LogP contribution >= 0.6 is 0 Å². The van der Waals surface area contributed by atoms with Gasteiger partial charge in [-0.15, -0.1) is 0 Å². The third kappa shape index (κ3) is 4.17. The molecule has 1 unspecified atom stereocenters. The summed E-state index contributed by atoms with van der Waals surface area (Å²) in [6, 6.07) is 6.98. The molecule has 132 valence electrons. The molecule has 0 aromatic heterocycles. The van der Waals surface area contributed by atoms with E-state index in [-0.39, 0.29) is 25.7 Å². The van der Waals surface area contributed by atoms with Crippen molar-refractivity contribution in [2.75, 3.05) is 40.5 Å². The Balaban J connectivity index is 1.97. The number of hydrogen-bond donors (Lipinski definition) is 1. The zero-order chi connectivity index (χ0) is 17.6. The van der Waals surface area contributed by atoms with Gasteiger partial charge in [-0.2, -0.15) is 0 Å². The van der Waals surface area contributed by atoms with Crippen molar-refractivity contribution in [2.45, 2.75) is 12.8 Å². The van der Waals surface area contributed by atoms with E-state index in [1.807, 2.05) is 0 Å². The van der Waals surface area contributed by atoms with Gasteiger partial charge in [0, 0.05) is 26.3 Å². The molecule has 0 saturated carbocycles. The molecule has 1 N–H and O–H groups in total. The lowest BCUT2D eigenvalue weighted by atomic mass is 9.80. The number of hydrogen-bond acceptors (Lipinski definition) is 5. The first-order valence-electron chi connectivity index (χ1n) is 7.78. The number of likely N-dealkylation sites (tertiary alicyclic amines) is 1. The van der Waals surface area contributed by atoms with Crippen molar-refractivity contribution in [2.24, 2.45) is 5.41 Å². The lowest BCUT2D eigenvalue weighted by Crippen LogP contribution is -2.53. The number of benzene rings is 1. The Morgan fingerprint density at radius 2 is 2.04 bits per heavy atom. The van der Waals surface area contributed by atoms with Gasteiger partial charge in [-0.3, -0.25) is 9.59 Å². The highest BCUT2D eigenvalue weighted by Crippen LogP contribution is 2.31. The Morgan fingerprint density at radius 3 is 2.71 bits per heavy atom. The molecule has 1 aliphatic heterocycles. The third-order valence-corrected chi connectivity index (χ3v) is 4.21. The molecule has 7 heteroatoms. The molecule has 1 fully saturated rings. The predicted octanol–water partition coefficient (Wildman–Crippen LogP) is 1.41. The number of carboxylic acids is 1. The van der Waals surface area contributed by atoms with E-state index in [1.54, 1.807) is 31.4 Å². The summed E-state index contributed by atoms with van der Waals surface area (Å²) >= 11 is 0. The van der Waals surface area contributed by atoms with Gasteiger partial charge in [0.1, 0.15) is 16.9 Å². The van der Waals surface area contributed by atoms with Crippen molar-refractivity contribution in [3.8, 4) is 11.5 Å². The summed E-state index contributed by atoms with van der Waals surface area (Å²) < 4.78 is 15.7. The maximum Gasteiger partial charge on any atom is 0.313 e. The van der Waals surface area contributed by atoms with Gasteiger partial charge >= 0.3 is 5.97 Å². The summed E-state index contributed by atoms with van der Waals surface area (Å²) in [5, 5.41) is 9.52. The minimum Gasteiger partial charge on any atom is -0.497 e. The fourth-order valence-corrected chi connectivity index (χ4v) is 2.90. The molecule has 0 aliphatic carbocycles. The van der Waals surface area contributed by atoms with Crippen LogP contribution in [0.2, 0.25) is 0 Å². The van der Waals surface area contributed by atoms with Crippen molar-refractivity contribution in [3.63, 3.8) is 0 Å². The molecule has 1 saturated heterocycles. The number of methoxy groups -OCH3 is 2. The topological polar surface area (TPSA) is 85.3 Å². The van der Waals surface area contributed by atoms with E-state index < -0.39 is 11.4 Å². The van der Waals surface area contributed by atoms with Crippen LogP contribution in [0.4, 0.5) is 0 Å². The quantitative estimate of drug-likeness (QED) is 0.810. The van der Waals surface area contributed by atoms with Gasteiger partial charge in [0.25, 0.3) is 5.91 Å². The number of piperidine rings is 1. The van der Waals surface area contributed by atoms with Crippen molar-refractivity contribution >= 4 is 11.9 Å². The molecule has 1 aromatic carbocycles. The van der Waals surface area contributed by atoms with Crippen LogP contribution in [-0.4, -0.2) is 62.4 Å². The summed E-state index contributed by atoms with van der Waals surface area (Å²) in [5.74, 6) is -0.00109. The summed E-state index contributed by atoms with van der Waals surface area (Å²) in [6.45, 7) is 0.605. The number of ether oxygens (including phenoxy) is 3. The van der Waals surface area contributed by atoms with Crippen molar-refractivity contribution < 1.29 is 28.9 Å². The largest absolute Gasteiger partial charge is 0.497 e. The van der Waals surface area contributed by atoms with Gasteiger partial charge in [0.05, 0.1) is 13.7 Å². The monoisotopic (exact) mass is 337 g/mol. The lowest BCUT2D eigenvalue weighted by molar-refractivity contribution is -0.159. The molecule has 1 heterocycles. The van der Waals surface area contributed by atoms with E-state index in [4.69, 9.17) is 14.2 Å². The van der Waals surface area contributed by atoms with Gasteiger partial charge < -0.3 is 24.2 Å². The Hall–Kier alpha value is -2.28. The van der Waals surface area contributed by atoms with Gasteiger partial charge in [-0.05, 0) is 25.0 Å². The molecule has 0 bridgehead atoms. The average Bonchev–Trinajstić information content (AvgIpc) is 2.60. The van der Waals surface area contributed by atoms with E-state index in [1.165, 1.54) is 12.0 Å². The second-order valence-corrected chi connectivity index (χ2v) is 5.91. The maximum atomic E-state index is 12.4. The number of carboxylic acid groups (broad SMARTS) is 1. The van der Waals surface area contributed by atoms with Crippen molar-refractivity contribution in [3.05, 3.63) is 24.3 Å². The standard InChI is InChI=1S/C17H23NO6/c1-22-12-17(16(20)21)7-4-8-18(11-17)15(19)10-24-14-6-3-5-13(9-14)23-2/h3,5-6,9H,4,7-8,10-12H2,1-2H3,(H,20,21). The number of amides is 1. The minimum atomic E-state index is -1.04. The molecule has 1 aromatic rings. The zero-order valence-corrected chi connectivity index (χ0v) is 14.0. The highest BCUT2D eigenvalue weighted by molar-refractivity contribution is 5.80. The van der Waals surface area contributed by atoms with E-state index in [9.17, 15) is 14.7 Å². The van der Waals surface area contributed by atoms with E-state index in [2.05, 4.69) is 0 Å². The van der Waals surface area contributed by atoms with Gasteiger partial charge in [-0.25, -0.2) is 0 Å². The van der Waals surface area contributed by atoms with Crippen LogP contribution in [0.5, 0.6) is 11.5 Å². The molecule has 24 heavy (non-hydrogen) atoms. The minimum absolute atomic E-state index is 0.0862. The molecule has 2 rings (SSSR count). The van der Waals surface area contributed by atoms with E-state index in [0.29, 0.717) is 30.9 Å². The lowest BCUT2D eigenvalue weighted by Gasteiger charge is -2.39.